The highest BCUT2D eigenvalue weighted by molar-refractivity contribution is 7.91. The predicted molar refractivity (Wildman–Crippen MR) is 108 cm³/mol. The lowest BCUT2D eigenvalue weighted by Gasteiger charge is -2.27. The lowest BCUT2D eigenvalue weighted by Crippen LogP contribution is -2.39. The minimum absolute atomic E-state index is 0.0822. The molecule has 0 N–H and O–H groups in total. The Morgan fingerprint density at radius 1 is 1.07 bits per heavy atom. The SMILES string of the molecule is COc1ccc(C(=O)CN(Cc2ccccc2)[C@H]2CCS(=O)(=O)C2)cc1OC. The van der Waals surface area contributed by atoms with E-state index in [-0.39, 0.29) is 29.9 Å². The third kappa shape index (κ3) is 4.91. The van der Waals surface area contributed by atoms with E-state index in [2.05, 4.69) is 0 Å². The Morgan fingerprint density at radius 3 is 2.39 bits per heavy atom. The van der Waals surface area contributed by atoms with E-state index in [0.29, 0.717) is 30.0 Å². The van der Waals surface area contributed by atoms with E-state index in [4.69, 9.17) is 9.47 Å². The largest absolute Gasteiger partial charge is 0.493 e. The van der Waals surface area contributed by atoms with Gasteiger partial charge in [-0.05, 0) is 30.2 Å². The van der Waals surface area contributed by atoms with Gasteiger partial charge in [-0.1, -0.05) is 30.3 Å². The van der Waals surface area contributed by atoms with E-state index in [1.54, 1.807) is 25.3 Å². The maximum absolute atomic E-state index is 12.9. The van der Waals surface area contributed by atoms with Crippen molar-refractivity contribution >= 4 is 15.6 Å². The van der Waals surface area contributed by atoms with E-state index < -0.39 is 9.84 Å². The minimum atomic E-state index is -3.04. The molecule has 0 aromatic heterocycles. The van der Waals surface area contributed by atoms with Crippen molar-refractivity contribution in [3.63, 3.8) is 0 Å². The fourth-order valence-electron chi connectivity index (χ4n) is 3.48. The minimum Gasteiger partial charge on any atom is -0.493 e. The van der Waals surface area contributed by atoms with Gasteiger partial charge in [0.05, 0.1) is 32.3 Å². The molecule has 1 heterocycles. The average Bonchev–Trinajstić information content (AvgIpc) is 3.07. The van der Waals surface area contributed by atoms with Crippen LogP contribution in [0.1, 0.15) is 22.3 Å². The maximum atomic E-state index is 12.9. The van der Waals surface area contributed by atoms with Crippen LogP contribution in [0.5, 0.6) is 11.5 Å². The van der Waals surface area contributed by atoms with Crippen LogP contribution < -0.4 is 9.47 Å². The standard InChI is InChI=1S/C21H25NO5S/c1-26-20-9-8-17(12-21(20)27-2)19(23)14-22(13-16-6-4-3-5-7-16)18-10-11-28(24,25)15-18/h3-9,12,18H,10-11,13-15H2,1-2H3/t18-/m0/s1. The van der Waals surface area contributed by atoms with Crippen LogP contribution in [0.25, 0.3) is 0 Å². The molecule has 0 saturated carbocycles. The lowest BCUT2D eigenvalue weighted by atomic mass is 10.1. The molecule has 1 aliphatic rings. The van der Waals surface area contributed by atoms with Crippen molar-refractivity contribution in [3.8, 4) is 11.5 Å². The molecule has 1 fully saturated rings. The van der Waals surface area contributed by atoms with E-state index in [0.717, 1.165) is 5.56 Å². The normalized spacial score (nSPS) is 18.2. The molecule has 2 aromatic rings. The molecule has 0 radical (unpaired) electrons. The molecule has 1 saturated heterocycles. The number of carbonyl (C=O) groups excluding carboxylic acids is 1. The van der Waals surface area contributed by atoms with Gasteiger partial charge in [-0.3, -0.25) is 9.69 Å². The summed E-state index contributed by atoms with van der Waals surface area (Å²) < 4.78 is 34.4. The molecule has 3 rings (SSSR count). The van der Waals surface area contributed by atoms with Crippen molar-refractivity contribution in [2.45, 2.75) is 19.0 Å². The number of benzene rings is 2. The smallest absolute Gasteiger partial charge is 0.176 e. The summed E-state index contributed by atoms with van der Waals surface area (Å²) in [7, 11) is 0.0258. The third-order valence-electron chi connectivity index (χ3n) is 5.01. The molecule has 0 unspecified atom stereocenters. The van der Waals surface area contributed by atoms with Crippen LogP contribution in [0.15, 0.2) is 48.5 Å². The molecule has 150 valence electrons. The molecular formula is C21H25NO5S. The van der Waals surface area contributed by atoms with Crippen molar-refractivity contribution in [2.75, 3.05) is 32.3 Å². The molecule has 6 nitrogen and oxygen atoms in total. The molecule has 0 bridgehead atoms. The monoisotopic (exact) mass is 403 g/mol. The second kappa shape index (κ2) is 8.75. The molecule has 0 amide bonds. The predicted octanol–water partition coefficient (Wildman–Crippen LogP) is 2.58. The summed E-state index contributed by atoms with van der Waals surface area (Å²) in [4.78, 5) is 14.9. The Balaban J connectivity index is 1.81. The zero-order valence-corrected chi connectivity index (χ0v) is 16.9. The van der Waals surface area contributed by atoms with Crippen LogP contribution in [0, 0.1) is 0 Å². The number of hydrogen-bond donors (Lipinski definition) is 0. The van der Waals surface area contributed by atoms with Gasteiger partial charge in [-0.25, -0.2) is 8.42 Å². The number of carbonyl (C=O) groups is 1. The molecule has 7 heteroatoms. The van der Waals surface area contributed by atoms with Gasteiger partial charge >= 0.3 is 0 Å². The third-order valence-corrected chi connectivity index (χ3v) is 6.76. The zero-order chi connectivity index (χ0) is 20.1. The number of Topliss-reactive ketones (excluding diaryl/α,β-unsaturated/α-hetero) is 1. The lowest BCUT2D eigenvalue weighted by molar-refractivity contribution is 0.0892. The number of hydrogen-bond acceptors (Lipinski definition) is 6. The van der Waals surface area contributed by atoms with E-state index in [1.807, 2.05) is 35.2 Å². The summed E-state index contributed by atoms with van der Waals surface area (Å²) in [6, 6.07) is 14.7. The first-order chi connectivity index (χ1) is 13.4. The molecule has 1 atom stereocenters. The quantitative estimate of drug-likeness (QED) is 0.631. The average molecular weight is 404 g/mol. The van der Waals surface area contributed by atoms with Crippen molar-refractivity contribution in [1.29, 1.82) is 0 Å². The maximum Gasteiger partial charge on any atom is 0.176 e. The molecule has 0 aliphatic carbocycles. The first-order valence-corrected chi connectivity index (χ1v) is 11.0. The summed E-state index contributed by atoms with van der Waals surface area (Å²) in [6.07, 6.45) is 0.550. The molecule has 2 aromatic carbocycles. The Morgan fingerprint density at radius 2 is 1.79 bits per heavy atom. The van der Waals surface area contributed by atoms with Gasteiger partial charge in [0.2, 0.25) is 0 Å². The first kappa shape index (κ1) is 20.4. The van der Waals surface area contributed by atoms with E-state index >= 15 is 0 Å². The fourth-order valence-corrected chi connectivity index (χ4v) is 5.24. The van der Waals surface area contributed by atoms with Crippen molar-refractivity contribution < 1.29 is 22.7 Å². The summed E-state index contributed by atoms with van der Waals surface area (Å²) in [5.74, 6) is 1.24. The van der Waals surface area contributed by atoms with Crippen LogP contribution in [0.2, 0.25) is 0 Å². The van der Waals surface area contributed by atoms with E-state index in [1.165, 1.54) is 7.11 Å². The van der Waals surface area contributed by atoms with Gasteiger partial charge in [0.15, 0.2) is 27.1 Å². The number of ketones is 1. The summed E-state index contributed by atoms with van der Waals surface area (Å²) >= 11 is 0. The van der Waals surface area contributed by atoms with Crippen LogP contribution >= 0.6 is 0 Å². The van der Waals surface area contributed by atoms with Crippen LogP contribution in [-0.4, -0.2) is 57.4 Å². The highest BCUT2D eigenvalue weighted by Gasteiger charge is 2.33. The molecule has 0 spiro atoms. The summed E-state index contributed by atoms with van der Waals surface area (Å²) in [5.41, 5.74) is 1.56. The van der Waals surface area contributed by atoms with Gasteiger partial charge in [0.1, 0.15) is 0 Å². The molecule has 28 heavy (non-hydrogen) atoms. The second-order valence-corrected chi connectivity index (χ2v) is 9.17. The van der Waals surface area contributed by atoms with Crippen LogP contribution in [-0.2, 0) is 16.4 Å². The van der Waals surface area contributed by atoms with Gasteiger partial charge in [-0.15, -0.1) is 0 Å². The van der Waals surface area contributed by atoms with E-state index in [9.17, 15) is 13.2 Å². The first-order valence-electron chi connectivity index (χ1n) is 9.15. The second-order valence-electron chi connectivity index (χ2n) is 6.94. The number of sulfone groups is 1. The Kier molecular flexibility index (Phi) is 6.36. The van der Waals surface area contributed by atoms with Crippen LogP contribution in [0.4, 0.5) is 0 Å². The Hall–Kier alpha value is -2.38. The van der Waals surface area contributed by atoms with Gasteiger partial charge < -0.3 is 9.47 Å². The molecular weight excluding hydrogens is 378 g/mol. The highest BCUT2D eigenvalue weighted by Crippen LogP contribution is 2.28. The van der Waals surface area contributed by atoms with Crippen LogP contribution in [0.3, 0.4) is 0 Å². The molecule has 1 aliphatic heterocycles. The van der Waals surface area contributed by atoms with Crippen molar-refractivity contribution in [3.05, 3.63) is 59.7 Å². The fraction of sp³-hybridized carbons (Fsp3) is 0.381. The van der Waals surface area contributed by atoms with Gasteiger partial charge in [0.25, 0.3) is 0 Å². The Bertz CT molecular complexity index is 927. The van der Waals surface area contributed by atoms with Gasteiger partial charge in [0, 0.05) is 18.2 Å². The number of methoxy groups -OCH3 is 2. The zero-order valence-electron chi connectivity index (χ0n) is 16.1. The van der Waals surface area contributed by atoms with Crippen molar-refractivity contribution in [2.24, 2.45) is 0 Å². The number of ether oxygens (including phenoxy) is 2. The number of rotatable bonds is 8. The highest BCUT2D eigenvalue weighted by atomic mass is 32.2. The summed E-state index contributed by atoms with van der Waals surface area (Å²) in [5, 5.41) is 0. The number of nitrogens with zero attached hydrogens (tertiary/aromatic N) is 1. The van der Waals surface area contributed by atoms with Crippen molar-refractivity contribution in [1.82, 2.24) is 4.90 Å². The summed E-state index contributed by atoms with van der Waals surface area (Å²) in [6.45, 7) is 0.671. The Labute approximate surface area is 166 Å². The topological polar surface area (TPSA) is 72.9 Å². The van der Waals surface area contributed by atoms with Gasteiger partial charge in [-0.2, -0.15) is 0 Å².